The molecule has 0 radical (unpaired) electrons. The first-order valence-electron chi connectivity index (χ1n) is 6.14. The summed E-state index contributed by atoms with van der Waals surface area (Å²) >= 11 is 3.36. The maximum absolute atomic E-state index is 12.0. The van der Waals surface area contributed by atoms with E-state index < -0.39 is 9.84 Å². The fourth-order valence-corrected chi connectivity index (χ4v) is 4.11. The molecule has 0 saturated carbocycles. The van der Waals surface area contributed by atoms with Crippen molar-refractivity contribution in [3.63, 3.8) is 0 Å². The Morgan fingerprint density at radius 2 is 2.21 bits per heavy atom. The zero-order valence-corrected chi connectivity index (χ0v) is 12.8. The Morgan fingerprint density at radius 3 is 2.89 bits per heavy atom. The predicted octanol–water partition coefficient (Wildman–Crippen LogP) is 1.34. The van der Waals surface area contributed by atoms with Crippen LogP contribution in [0.2, 0.25) is 0 Å². The first-order chi connectivity index (χ1) is 8.94. The van der Waals surface area contributed by atoms with E-state index in [0.717, 1.165) is 10.0 Å². The van der Waals surface area contributed by atoms with Crippen LogP contribution in [0.25, 0.3) is 0 Å². The maximum atomic E-state index is 12.0. The van der Waals surface area contributed by atoms with Gasteiger partial charge in [0.2, 0.25) is 0 Å². The van der Waals surface area contributed by atoms with Gasteiger partial charge in [0.25, 0.3) is 0 Å². The molecular weight excluding hydrogens is 330 g/mol. The summed E-state index contributed by atoms with van der Waals surface area (Å²) in [4.78, 5) is 12.0. The Morgan fingerprint density at radius 1 is 1.42 bits per heavy atom. The molecule has 1 atom stereocenters. The average molecular weight is 346 g/mol. The first-order valence-corrected chi connectivity index (χ1v) is 8.76. The highest BCUT2D eigenvalue weighted by atomic mass is 79.9. The molecule has 19 heavy (non-hydrogen) atoms. The number of hydrogen-bond acceptors (Lipinski definition) is 4. The van der Waals surface area contributed by atoms with Gasteiger partial charge in [-0.2, -0.15) is 0 Å². The van der Waals surface area contributed by atoms with Crippen LogP contribution in [0.15, 0.2) is 28.7 Å². The first kappa shape index (κ1) is 14.7. The lowest BCUT2D eigenvalue weighted by Gasteiger charge is -2.22. The minimum absolute atomic E-state index is 0.0627. The van der Waals surface area contributed by atoms with Crippen molar-refractivity contribution in [2.24, 2.45) is 0 Å². The summed E-state index contributed by atoms with van der Waals surface area (Å²) in [6.45, 7) is 0.442. The number of hydrogen-bond donors (Lipinski definition) is 1. The number of Topliss-reactive ketones (excluding diaryl/α,β-unsaturated/α-hetero) is 1. The van der Waals surface area contributed by atoms with E-state index in [1.165, 1.54) is 0 Å². The van der Waals surface area contributed by atoms with Gasteiger partial charge < -0.3 is 5.32 Å². The fourth-order valence-electron chi connectivity index (χ4n) is 2.22. The van der Waals surface area contributed by atoms with Crippen molar-refractivity contribution >= 4 is 31.6 Å². The Balaban J connectivity index is 1.91. The van der Waals surface area contributed by atoms with Gasteiger partial charge in [-0.1, -0.05) is 28.1 Å². The molecule has 4 nitrogen and oxygen atoms in total. The number of rotatable bonds is 4. The van der Waals surface area contributed by atoms with Crippen LogP contribution in [-0.2, 0) is 21.1 Å². The molecule has 2 rings (SSSR count). The maximum Gasteiger partial charge on any atom is 0.153 e. The molecule has 1 N–H and O–H groups in total. The number of benzene rings is 1. The van der Waals surface area contributed by atoms with Gasteiger partial charge in [-0.15, -0.1) is 0 Å². The molecule has 1 aromatic rings. The number of sulfone groups is 1. The molecule has 1 fully saturated rings. The van der Waals surface area contributed by atoms with Crippen molar-refractivity contribution < 1.29 is 13.2 Å². The van der Waals surface area contributed by atoms with E-state index in [1.807, 2.05) is 24.3 Å². The van der Waals surface area contributed by atoms with E-state index in [0.29, 0.717) is 13.0 Å². The van der Waals surface area contributed by atoms with Crippen LogP contribution in [0.1, 0.15) is 12.0 Å². The van der Waals surface area contributed by atoms with Gasteiger partial charge in [0, 0.05) is 29.9 Å². The Labute approximate surface area is 121 Å². The molecule has 1 saturated heterocycles. The van der Waals surface area contributed by atoms with E-state index in [2.05, 4.69) is 21.2 Å². The second kappa shape index (κ2) is 6.15. The highest BCUT2D eigenvalue weighted by Gasteiger charge is 2.25. The molecule has 1 unspecified atom stereocenters. The summed E-state index contributed by atoms with van der Waals surface area (Å²) in [7, 11) is -2.98. The summed E-state index contributed by atoms with van der Waals surface area (Å²) in [5.74, 6) is 0.299. The molecule has 1 aliphatic heterocycles. The van der Waals surface area contributed by atoms with Crippen molar-refractivity contribution in [1.29, 1.82) is 0 Å². The lowest BCUT2D eigenvalue weighted by molar-refractivity contribution is -0.118. The van der Waals surface area contributed by atoms with Crippen molar-refractivity contribution in [3.05, 3.63) is 34.3 Å². The summed E-state index contributed by atoms with van der Waals surface area (Å²) in [6, 6.07) is 7.36. The van der Waals surface area contributed by atoms with Gasteiger partial charge in [-0.3, -0.25) is 4.79 Å². The topological polar surface area (TPSA) is 63.2 Å². The van der Waals surface area contributed by atoms with Gasteiger partial charge in [0.15, 0.2) is 9.84 Å². The molecule has 0 aromatic heterocycles. The molecule has 1 aliphatic rings. The fraction of sp³-hybridized carbons (Fsp3) is 0.462. The van der Waals surface area contributed by atoms with E-state index in [9.17, 15) is 13.2 Å². The summed E-state index contributed by atoms with van der Waals surface area (Å²) in [5.41, 5.74) is 0.943. The van der Waals surface area contributed by atoms with Crippen LogP contribution in [0.4, 0.5) is 0 Å². The predicted molar refractivity (Wildman–Crippen MR) is 77.9 cm³/mol. The van der Waals surface area contributed by atoms with E-state index >= 15 is 0 Å². The van der Waals surface area contributed by atoms with Crippen LogP contribution in [0.5, 0.6) is 0 Å². The highest BCUT2D eigenvalue weighted by molar-refractivity contribution is 9.10. The van der Waals surface area contributed by atoms with Crippen LogP contribution in [0, 0.1) is 0 Å². The SMILES string of the molecule is O=C(Cc1cccc(Br)c1)CC1CS(=O)(=O)CCN1. The summed E-state index contributed by atoms with van der Waals surface area (Å²) in [6.07, 6.45) is 0.614. The van der Waals surface area contributed by atoms with Crippen molar-refractivity contribution in [2.75, 3.05) is 18.1 Å². The number of carbonyl (C=O) groups is 1. The standard InChI is InChI=1S/C13H16BrNO3S/c14-11-3-1-2-10(6-11)7-13(16)8-12-9-19(17,18)5-4-15-12/h1-3,6,12,15H,4-5,7-9H2. The Hall–Kier alpha value is -0.720. The van der Waals surface area contributed by atoms with Gasteiger partial charge >= 0.3 is 0 Å². The molecule has 0 amide bonds. The smallest absolute Gasteiger partial charge is 0.153 e. The van der Waals surface area contributed by atoms with E-state index in [4.69, 9.17) is 0 Å². The van der Waals surface area contributed by atoms with E-state index in [-0.39, 0.29) is 29.8 Å². The van der Waals surface area contributed by atoms with Gasteiger partial charge in [-0.25, -0.2) is 8.42 Å². The number of halogens is 1. The normalized spacial score (nSPS) is 22.1. The molecule has 1 heterocycles. The quantitative estimate of drug-likeness (QED) is 0.894. The molecular formula is C13H16BrNO3S. The van der Waals surface area contributed by atoms with Crippen LogP contribution < -0.4 is 5.32 Å². The van der Waals surface area contributed by atoms with Crippen molar-refractivity contribution in [3.8, 4) is 0 Å². The van der Waals surface area contributed by atoms with Crippen molar-refractivity contribution in [1.82, 2.24) is 5.32 Å². The minimum atomic E-state index is -2.98. The lowest BCUT2D eigenvalue weighted by Crippen LogP contribution is -2.46. The second-order valence-electron chi connectivity index (χ2n) is 4.81. The molecule has 1 aromatic carbocycles. The molecule has 0 bridgehead atoms. The third-order valence-corrected chi connectivity index (χ3v) is 5.30. The number of nitrogens with one attached hydrogen (secondary N) is 1. The summed E-state index contributed by atoms with van der Waals surface area (Å²) < 4.78 is 23.9. The summed E-state index contributed by atoms with van der Waals surface area (Å²) in [5, 5.41) is 3.09. The van der Waals surface area contributed by atoms with Gasteiger partial charge in [0.1, 0.15) is 5.78 Å². The lowest BCUT2D eigenvalue weighted by atomic mass is 10.0. The third-order valence-electron chi connectivity index (χ3n) is 3.07. The van der Waals surface area contributed by atoms with E-state index in [1.54, 1.807) is 0 Å². The van der Waals surface area contributed by atoms with Crippen LogP contribution >= 0.6 is 15.9 Å². The van der Waals surface area contributed by atoms with Crippen molar-refractivity contribution in [2.45, 2.75) is 18.9 Å². The number of ketones is 1. The van der Waals surface area contributed by atoms with Gasteiger partial charge in [0.05, 0.1) is 11.5 Å². The molecule has 104 valence electrons. The Kier molecular flexibility index (Phi) is 4.76. The third kappa shape index (κ3) is 4.71. The second-order valence-corrected chi connectivity index (χ2v) is 7.96. The number of carbonyl (C=O) groups excluding carboxylic acids is 1. The van der Waals surface area contributed by atoms with Gasteiger partial charge in [-0.05, 0) is 17.7 Å². The zero-order valence-electron chi connectivity index (χ0n) is 10.4. The van der Waals surface area contributed by atoms with Crippen LogP contribution in [-0.4, -0.2) is 38.3 Å². The minimum Gasteiger partial charge on any atom is -0.312 e. The largest absolute Gasteiger partial charge is 0.312 e. The van der Waals surface area contributed by atoms with Crippen LogP contribution in [0.3, 0.4) is 0 Å². The monoisotopic (exact) mass is 345 g/mol. The highest BCUT2D eigenvalue weighted by Crippen LogP contribution is 2.14. The Bertz CT molecular complexity index is 571. The zero-order chi connectivity index (χ0) is 13.9. The molecule has 0 aliphatic carbocycles. The average Bonchev–Trinajstić information content (AvgIpc) is 2.27. The molecule has 6 heteroatoms. The molecule has 0 spiro atoms.